The van der Waals surface area contributed by atoms with Crippen molar-refractivity contribution in [1.29, 1.82) is 0 Å². The third kappa shape index (κ3) is 3.30. The molecule has 0 aromatic heterocycles. The molecule has 0 radical (unpaired) electrons. The van der Waals surface area contributed by atoms with Crippen molar-refractivity contribution in [2.45, 2.75) is 19.4 Å². The normalized spacial score (nSPS) is 17.3. The summed E-state index contributed by atoms with van der Waals surface area (Å²) >= 11 is 6.06. The van der Waals surface area contributed by atoms with Crippen LogP contribution in [0, 0.1) is 16.0 Å². The smallest absolute Gasteiger partial charge is 0.275 e. The number of nitrogens with zero attached hydrogens (tertiary/aromatic N) is 2. The SMILES string of the molecule is O=CC1CCN(Cc2c(Cl)cccc2[N+](=O)[O-])CC1. The van der Waals surface area contributed by atoms with Crippen LogP contribution in [0.15, 0.2) is 18.2 Å². The zero-order valence-corrected chi connectivity index (χ0v) is 11.2. The van der Waals surface area contributed by atoms with Crippen LogP contribution in [0.4, 0.5) is 5.69 Å². The van der Waals surface area contributed by atoms with Gasteiger partial charge in [0.1, 0.15) is 6.29 Å². The molecule has 6 heteroatoms. The molecule has 0 saturated carbocycles. The maximum absolute atomic E-state index is 11.0. The molecule has 1 saturated heterocycles. The number of carbonyl (C=O) groups is 1. The molecule has 0 bridgehead atoms. The van der Waals surface area contributed by atoms with Crippen molar-refractivity contribution in [1.82, 2.24) is 4.90 Å². The van der Waals surface area contributed by atoms with Gasteiger partial charge in [-0.2, -0.15) is 0 Å². The molecule has 1 fully saturated rings. The molecule has 2 rings (SSSR count). The Balaban J connectivity index is 2.11. The fraction of sp³-hybridized carbons (Fsp3) is 0.462. The number of carbonyl (C=O) groups excluding carboxylic acids is 1. The summed E-state index contributed by atoms with van der Waals surface area (Å²) in [5, 5.41) is 11.4. The van der Waals surface area contributed by atoms with Gasteiger partial charge in [0.25, 0.3) is 5.69 Å². The van der Waals surface area contributed by atoms with E-state index >= 15 is 0 Å². The summed E-state index contributed by atoms with van der Waals surface area (Å²) in [6.07, 6.45) is 2.61. The Morgan fingerprint density at radius 3 is 2.68 bits per heavy atom. The maximum Gasteiger partial charge on any atom is 0.275 e. The Morgan fingerprint density at radius 1 is 1.42 bits per heavy atom. The lowest BCUT2D eigenvalue weighted by atomic mass is 9.98. The fourth-order valence-electron chi connectivity index (χ4n) is 2.35. The standard InChI is InChI=1S/C13H15ClN2O3/c14-12-2-1-3-13(16(18)19)11(12)8-15-6-4-10(9-17)5-7-15/h1-3,9-10H,4-8H2. The highest BCUT2D eigenvalue weighted by molar-refractivity contribution is 6.31. The molecule has 19 heavy (non-hydrogen) atoms. The summed E-state index contributed by atoms with van der Waals surface area (Å²) in [6, 6.07) is 4.73. The highest BCUT2D eigenvalue weighted by atomic mass is 35.5. The lowest BCUT2D eigenvalue weighted by Crippen LogP contribution is -2.33. The molecule has 1 aromatic rings. The highest BCUT2D eigenvalue weighted by Gasteiger charge is 2.23. The van der Waals surface area contributed by atoms with Gasteiger partial charge in [-0.25, -0.2) is 0 Å². The van der Waals surface area contributed by atoms with Crippen LogP contribution in [0.1, 0.15) is 18.4 Å². The van der Waals surface area contributed by atoms with Gasteiger partial charge < -0.3 is 4.79 Å². The number of piperidine rings is 1. The number of hydrogen-bond donors (Lipinski definition) is 0. The molecule has 0 N–H and O–H groups in total. The topological polar surface area (TPSA) is 63.5 Å². The molecule has 1 aromatic carbocycles. The van der Waals surface area contributed by atoms with Gasteiger partial charge in [-0.15, -0.1) is 0 Å². The van der Waals surface area contributed by atoms with Gasteiger partial charge in [0, 0.05) is 18.5 Å². The number of likely N-dealkylation sites (tertiary alicyclic amines) is 1. The third-order valence-electron chi connectivity index (χ3n) is 3.50. The van der Waals surface area contributed by atoms with E-state index in [-0.39, 0.29) is 11.6 Å². The zero-order valence-electron chi connectivity index (χ0n) is 10.4. The Hall–Kier alpha value is -1.46. The van der Waals surface area contributed by atoms with Gasteiger partial charge in [-0.05, 0) is 32.0 Å². The zero-order chi connectivity index (χ0) is 13.8. The number of rotatable bonds is 4. The van der Waals surface area contributed by atoms with E-state index < -0.39 is 4.92 Å². The molecule has 5 nitrogen and oxygen atoms in total. The number of hydrogen-bond acceptors (Lipinski definition) is 4. The van der Waals surface area contributed by atoms with Crippen molar-refractivity contribution in [3.8, 4) is 0 Å². The van der Waals surface area contributed by atoms with Crippen molar-refractivity contribution >= 4 is 23.6 Å². The van der Waals surface area contributed by atoms with E-state index in [1.165, 1.54) is 6.07 Å². The van der Waals surface area contributed by atoms with Crippen molar-refractivity contribution in [3.05, 3.63) is 38.9 Å². The molecule has 0 atom stereocenters. The first-order valence-electron chi connectivity index (χ1n) is 6.21. The van der Waals surface area contributed by atoms with Gasteiger partial charge in [-0.3, -0.25) is 15.0 Å². The Labute approximate surface area is 116 Å². The van der Waals surface area contributed by atoms with Crippen LogP contribution in [0.3, 0.4) is 0 Å². The first-order chi connectivity index (χ1) is 9.11. The van der Waals surface area contributed by atoms with E-state index in [1.807, 2.05) is 0 Å². The lowest BCUT2D eigenvalue weighted by Gasteiger charge is -2.29. The maximum atomic E-state index is 11.0. The van der Waals surface area contributed by atoms with E-state index in [4.69, 9.17) is 11.6 Å². The summed E-state index contributed by atoms with van der Waals surface area (Å²) in [4.78, 5) is 23.4. The number of nitro benzene ring substituents is 1. The first-order valence-corrected chi connectivity index (χ1v) is 6.59. The summed E-state index contributed by atoms with van der Waals surface area (Å²) in [5.74, 6) is 0.123. The molecule has 0 amide bonds. The highest BCUT2D eigenvalue weighted by Crippen LogP contribution is 2.28. The molecule has 1 aliphatic heterocycles. The van der Waals surface area contributed by atoms with Crippen LogP contribution in [0.2, 0.25) is 5.02 Å². The van der Waals surface area contributed by atoms with Gasteiger partial charge >= 0.3 is 0 Å². The molecule has 0 spiro atoms. The van der Waals surface area contributed by atoms with E-state index in [9.17, 15) is 14.9 Å². The van der Waals surface area contributed by atoms with Crippen LogP contribution >= 0.6 is 11.6 Å². The largest absolute Gasteiger partial charge is 0.303 e. The average molecular weight is 283 g/mol. The van der Waals surface area contributed by atoms with Gasteiger partial charge in [-0.1, -0.05) is 17.7 Å². The van der Waals surface area contributed by atoms with Gasteiger partial charge in [0.2, 0.25) is 0 Å². The van der Waals surface area contributed by atoms with Crippen LogP contribution in [0.5, 0.6) is 0 Å². The minimum absolute atomic E-state index is 0.0602. The molecule has 1 aliphatic rings. The van der Waals surface area contributed by atoms with Gasteiger partial charge in [0.05, 0.1) is 15.5 Å². The number of nitro groups is 1. The Bertz CT molecular complexity index is 485. The van der Waals surface area contributed by atoms with E-state index in [0.717, 1.165) is 32.2 Å². The van der Waals surface area contributed by atoms with Crippen LogP contribution in [0.25, 0.3) is 0 Å². The van der Waals surface area contributed by atoms with Crippen molar-refractivity contribution in [3.63, 3.8) is 0 Å². The summed E-state index contributed by atoms with van der Waals surface area (Å²) in [7, 11) is 0. The predicted molar refractivity (Wildman–Crippen MR) is 72.2 cm³/mol. The second-order valence-corrected chi connectivity index (χ2v) is 5.15. The van der Waals surface area contributed by atoms with Crippen LogP contribution < -0.4 is 0 Å². The first kappa shape index (κ1) is 14.0. The molecule has 102 valence electrons. The molecule has 0 aliphatic carbocycles. The van der Waals surface area contributed by atoms with Crippen LogP contribution in [-0.2, 0) is 11.3 Å². The molecular formula is C13H15ClN2O3. The molecule has 1 heterocycles. The van der Waals surface area contributed by atoms with E-state index in [0.29, 0.717) is 17.1 Å². The monoisotopic (exact) mass is 282 g/mol. The number of halogens is 1. The Morgan fingerprint density at radius 2 is 2.11 bits per heavy atom. The van der Waals surface area contributed by atoms with Crippen molar-refractivity contribution in [2.75, 3.05) is 13.1 Å². The Kier molecular flexibility index (Phi) is 4.50. The predicted octanol–water partition coefficient (Wildman–Crippen LogP) is 2.66. The summed E-state index contributed by atoms with van der Waals surface area (Å²) in [6.45, 7) is 2.00. The minimum atomic E-state index is -0.403. The fourth-order valence-corrected chi connectivity index (χ4v) is 2.57. The van der Waals surface area contributed by atoms with Crippen molar-refractivity contribution in [2.24, 2.45) is 5.92 Å². The number of benzene rings is 1. The lowest BCUT2D eigenvalue weighted by molar-refractivity contribution is -0.385. The quantitative estimate of drug-likeness (QED) is 0.484. The second-order valence-electron chi connectivity index (χ2n) is 4.74. The molecular weight excluding hydrogens is 268 g/mol. The summed E-state index contributed by atoms with van der Waals surface area (Å²) in [5.41, 5.74) is 0.615. The minimum Gasteiger partial charge on any atom is -0.303 e. The van der Waals surface area contributed by atoms with Crippen LogP contribution in [-0.4, -0.2) is 29.2 Å². The third-order valence-corrected chi connectivity index (χ3v) is 3.85. The number of aldehydes is 1. The average Bonchev–Trinajstić information content (AvgIpc) is 2.41. The second kappa shape index (κ2) is 6.12. The molecule has 0 unspecified atom stereocenters. The van der Waals surface area contributed by atoms with Gasteiger partial charge in [0.15, 0.2) is 0 Å². The summed E-state index contributed by atoms with van der Waals surface area (Å²) < 4.78 is 0. The van der Waals surface area contributed by atoms with Crippen molar-refractivity contribution < 1.29 is 9.72 Å². The van der Waals surface area contributed by atoms with E-state index in [2.05, 4.69) is 4.90 Å². The van der Waals surface area contributed by atoms with E-state index in [1.54, 1.807) is 12.1 Å².